The number of cyclic esters (lactones) is 1. The molecule has 22 heavy (non-hydrogen) atoms. The molecule has 0 aromatic heterocycles. The molecule has 3 heterocycles. The minimum absolute atomic E-state index is 0.184. The van der Waals surface area contributed by atoms with Crippen LogP contribution in [0.2, 0.25) is 0 Å². The van der Waals surface area contributed by atoms with Crippen molar-refractivity contribution >= 4 is 5.97 Å². The molecule has 4 fully saturated rings. The molecule has 1 saturated carbocycles. The molecule has 0 aromatic carbocycles. The fourth-order valence-corrected chi connectivity index (χ4v) is 5.82. The first-order valence-corrected chi connectivity index (χ1v) is 7.63. The van der Waals surface area contributed by atoms with E-state index in [-0.39, 0.29) is 13.0 Å². The second-order valence-corrected chi connectivity index (χ2v) is 8.05. The number of hydrogen-bond donors (Lipinski definition) is 4. The highest BCUT2D eigenvalue weighted by molar-refractivity contribution is 5.77. The molecule has 2 bridgehead atoms. The van der Waals surface area contributed by atoms with E-state index >= 15 is 0 Å². The molecule has 1 aliphatic carbocycles. The lowest BCUT2D eigenvalue weighted by Crippen LogP contribution is -2.72. The Hall–Kier alpha value is -0.730. The molecule has 124 valence electrons. The number of esters is 1. The van der Waals surface area contributed by atoms with Gasteiger partial charge in [-0.2, -0.15) is 0 Å². The average Bonchev–Trinajstić information content (AvgIpc) is 2.86. The van der Waals surface area contributed by atoms with Crippen LogP contribution in [0.15, 0.2) is 0 Å². The fourth-order valence-electron chi connectivity index (χ4n) is 5.82. The third-order valence-corrected chi connectivity index (χ3v) is 7.43. The molecule has 4 rings (SSSR count). The van der Waals surface area contributed by atoms with Gasteiger partial charge >= 0.3 is 5.97 Å². The van der Waals surface area contributed by atoms with Gasteiger partial charge in [-0.1, -0.05) is 6.92 Å². The van der Waals surface area contributed by atoms with Crippen LogP contribution < -0.4 is 0 Å². The second kappa shape index (κ2) is 3.37. The number of aliphatic hydroxyl groups excluding tert-OH is 1. The van der Waals surface area contributed by atoms with Crippen molar-refractivity contribution < 1.29 is 34.7 Å². The molecule has 0 amide bonds. The molecule has 0 aromatic rings. The molecule has 0 radical (unpaired) electrons. The first-order valence-electron chi connectivity index (χ1n) is 7.63. The third-order valence-electron chi connectivity index (χ3n) is 7.43. The van der Waals surface area contributed by atoms with Crippen molar-refractivity contribution in [1.82, 2.24) is 0 Å². The molecule has 3 saturated heterocycles. The summed E-state index contributed by atoms with van der Waals surface area (Å²) in [5.74, 6) is -2.79. The van der Waals surface area contributed by atoms with E-state index in [0.717, 1.165) is 0 Å². The minimum atomic E-state index is -1.94. The lowest BCUT2D eigenvalue weighted by Gasteiger charge is -2.56. The maximum absolute atomic E-state index is 12.2. The smallest absolute Gasteiger partial charge is 0.335 e. The second-order valence-electron chi connectivity index (χ2n) is 8.05. The highest BCUT2D eigenvalue weighted by Crippen LogP contribution is 2.79. The van der Waals surface area contributed by atoms with Gasteiger partial charge in [-0.05, 0) is 26.7 Å². The van der Waals surface area contributed by atoms with E-state index in [4.69, 9.17) is 9.47 Å². The van der Waals surface area contributed by atoms with E-state index in [0.29, 0.717) is 12.8 Å². The Morgan fingerprint density at radius 3 is 2.41 bits per heavy atom. The van der Waals surface area contributed by atoms with Gasteiger partial charge in [-0.25, -0.2) is 4.79 Å². The minimum Gasteiger partial charge on any atom is -0.463 e. The maximum Gasteiger partial charge on any atom is 0.335 e. The van der Waals surface area contributed by atoms with Crippen molar-refractivity contribution in [3.05, 3.63) is 0 Å². The van der Waals surface area contributed by atoms with E-state index in [2.05, 4.69) is 0 Å². The van der Waals surface area contributed by atoms with Gasteiger partial charge in [0.2, 0.25) is 0 Å². The lowest BCUT2D eigenvalue weighted by atomic mass is 9.46. The van der Waals surface area contributed by atoms with Crippen LogP contribution in [0.4, 0.5) is 0 Å². The van der Waals surface area contributed by atoms with Crippen LogP contribution in [0.3, 0.4) is 0 Å². The Labute approximate surface area is 127 Å². The molecular weight excluding hydrogens is 292 g/mol. The Morgan fingerprint density at radius 2 is 1.77 bits per heavy atom. The maximum atomic E-state index is 12.2. The van der Waals surface area contributed by atoms with Gasteiger partial charge in [0.1, 0.15) is 12.2 Å². The molecule has 7 atom stereocenters. The van der Waals surface area contributed by atoms with Crippen molar-refractivity contribution in [3.63, 3.8) is 0 Å². The third kappa shape index (κ3) is 1.02. The van der Waals surface area contributed by atoms with Gasteiger partial charge in [0.05, 0.1) is 22.0 Å². The summed E-state index contributed by atoms with van der Waals surface area (Å²) in [6.45, 7) is 4.51. The standard InChI is InChI=1S/C15H22O7/c1-10-7-21-9(17)8(16)13-6-15(20,12(10,3)19)22-14(10,13)5-4-11(13,2)18/h8,16,18-20H,4-7H2,1-3H3. The van der Waals surface area contributed by atoms with Gasteiger partial charge in [0, 0.05) is 6.42 Å². The van der Waals surface area contributed by atoms with Gasteiger partial charge in [0.25, 0.3) is 0 Å². The topological polar surface area (TPSA) is 116 Å². The van der Waals surface area contributed by atoms with E-state index in [1.807, 2.05) is 0 Å². The number of hydrogen-bond acceptors (Lipinski definition) is 7. The number of carbonyl (C=O) groups is 1. The fraction of sp³-hybridized carbons (Fsp3) is 0.933. The molecule has 1 spiro atoms. The van der Waals surface area contributed by atoms with Crippen LogP contribution in [-0.4, -0.2) is 61.7 Å². The van der Waals surface area contributed by atoms with Crippen LogP contribution in [-0.2, 0) is 14.3 Å². The number of aliphatic hydroxyl groups is 4. The van der Waals surface area contributed by atoms with Crippen LogP contribution in [0.5, 0.6) is 0 Å². The molecule has 7 unspecified atom stereocenters. The molecule has 3 aliphatic heterocycles. The highest BCUT2D eigenvalue weighted by Gasteiger charge is 2.93. The van der Waals surface area contributed by atoms with Gasteiger partial charge < -0.3 is 29.9 Å². The SMILES string of the molecule is CC1(O)CCC23OC4(O)CC12C(O)C(=O)OCC3(C)C4(C)O. The monoisotopic (exact) mass is 314 g/mol. The number of ether oxygens (including phenoxy) is 2. The van der Waals surface area contributed by atoms with Crippen LogP contribution in [0.1, 0.15) is 40.0 Å². The Balaban J connectivity index is 2.08. The van der Waals surface area contributed by atoms with Crippen molar-refractivity contribution in [1.29, 1.82) is 0 Å². The molecular formula is C15H22O7. The number of rotatable bonds is 0. The van der Waals surface area contributed by atoms with Crippen molar-refractivity contribution in [2.75, 3.05) is 6.61 Å². The number of fused-ring (bicyclic) bond motifs is 1. The Bertz CT molecular complexity index is 586. The summed E-state index contributed by atoms with van der Waals surface area (Å²) in [5, 5.41) is 43.5. The quantitative estimate of drug-likeness (QED) is 0.426. The summed E-state index contributed by atoms with van der Waals surface area (Å²) >= 11 is 0. The molecule has 7 heteroatoms. The van der Waals surface area contributed by atoms with E-state index in [9.17, 15) is 25.2 Å². The summed E-state index contributed by atoms with van der Waals surface area (Å²) in [5.41, 5.74) is -6.86. The first kappa shape index (κ1) is 14.8. The van der Waals surface area contributed by atoms with Crippen LogP contribution in [0.25, 0.3) is 0 Å². The summed E-state index contributed by atoms with van der Waals surface area (Å²) in [6.07, 6.45) is -1.20. The van der Waals surface area contributed by atoms with E-state index in [1.165, 1.54) is 6.92 Å². The molecule has 4 N–H and O–H groups in total. The normalized spacial score (nSPS) is 66.1. The van der Waals surface area contributed by atoms with E-state index < -0.39 is 45.5 Å². The lowest BCUT2D eigenvalue weighted by molar-refractivity contribution is -0.261. The first-order chi connectivity index (χ1) is 9.91. The summed E-state index contributed by atoms with van der Waals surface area (Å²) in [4.78, 5) is 12.2. The van der Waals surface area contributed by atoms with Crippen molar-refractivity contribution in [2.45, 2.75) is 68.7 Å². The summed E-state index contributed by atoms with van der Waals surface area (Å²) in [7, 11) is 0. The van der Waals surface area contributed by atoms with Gasteiger partial charge in [-0.3, -0.25) is 0 Å². The predicted molar refractivity (Wildman–Crippen MR) is 71.4 cm³/mol. The summed E-state index contributed by atoms with van der Waals surface area (Å²) < 4.78 is 11.1. The van der Waals surface area contributed by atoms with E-state index in [1.54, 1.807) is 13.8 Å². The zero-order valence-corrected chi connectivity index (χ0v) is 12.9. The summed E-state index contributed by atoms with van der Waals surface area (Å²) in [6, 6.07) is 0. The van der Waals surface area contributed by atoms with Crippen LogP contribution in [0, 0.1) is 10.8 Å². The van der Waals surface area contributed by atoms with Gasteiger partial charge in [0.15, 0.2) is 11.9 Å². The highest BCUT2D eigenvalue weighted by atomic mass is 16.7. The molecule has 7 nitrogen and oxygen atoms in total. The number of carbonyl (C=O) groups excluding carboxylic acids is 1. The average molecular weight is 314 g/mol. The predicted octanol–water partition coefficient (Wildman–Crippen LogP) is -0.946. The zero-order chi connectivity index (χ0) is 16.4. The van der Waals surface area contributed by atoms with Crippen molar-refractivity contribution in [2.24, 2.45) is 10.8 Å². The Kier molecular flexibility index (Phi) is 2.27. The van der Waals surface area contributed by atoms with Crippen LogP contribution >= 0.6 is 0 Å². The molecule has 4 aliphatic rings. The van der Waals surface area contributed by atoms with Gasteiger partial charge in [-0.15, -0.1) is 0 Å². The van der Waals surface area contributed by atoms with Crippen molar-refractivity contribution in [3.8, 4) is 0 Å². The Morgan fingerprint density at radius 1 is 1.14 bits per heavy atom. The largest absolute Gasteiger partial charge is 0.463 e. The zero-order valence-electron chi connectivity index (χ0n) is 12.9.